The van der Waals surface area contributed by atoms with Gasteiger partial charge >= 0.3 is 0 Å². The smallest absolute Gasteiger partial charge is 0.0975 e. The summed E-state index contributed by atoms with van der Waals surface area (Å²) >= 11 is 0. The van der Waals surface area contributed by atoms with E-state index in [0.717, 1.165) is 100 Å². The van der Waals surface area contributed by atoms with Crippen molar-refractivity contribution in [1.29, 1.82) is 0 Å². The summed E-state index contributed by atoms with van der Waals surface area (Å²) < 4.78 is 0. The average Bonchev–Trinajstić information content (AvgIpc) is 3.32. The van der Waals surface area contributed by atoms with E-state index < -0.39 is 0 Å². The number of allylic oxidation sites excluding steroid dienone is 4. The van der Waals surface area contributed by atoms with E-state index in [-0.39, 0.29) is 5.92 Å². The molecule has 4 heterocycles. The van der Waals surface area contributed by atoms with Gasteiger partial charge in [-0.1, -0.05) is 133 Å². The van der Waals surface area contributed by atoms with E-state index in [1.165, 1.54) is 33.2 Å². The maximum atomic E-state index is 5.44. The Morgan fingerprint density at radius 1 is 0.383 bits per heavy atom. The van der Waals surface area contributed by atoms with E-state index in [0.29, 0.717) is 0 Å². The molecule has 6 aromatic carbocycles. The van der Waals surface area contributed by atoms with E-state index in [4.69, 9.17) is 19.9 Å². The standard InChI is InChI=1S/C56H42N4/c1-33-34(2)43-26-30-51(59-54(43)53-41(33)24-28-49(57-53)37-14-7-5-8-15-37)40-19-13-18-39(32-40)45-22-23-48(47-21-12-11-20-46(45)47)52-31-27-44-36(4)35(3)42-25-29-50(38-16-9-6-10-17-38)58-55(42)56(44)60-52/h5-16,18-32,38H,17H2,1-4H3. The first kappa shape index (κ1) is 35.8. The van der Waals surface area contributed by atoms with Gasteiger partial charge in [0.15, 0.2) is 0 Å². The molecule has 60 heavy (non-hydrogen) atoms. The number of aromatic nitrogens is 4. The van der Waals surface area contributed by atoms with E-state index in [1.807, 2.05) is 6.07 Å². The Bertz CT molecular complexity index is 3450. The quantitative estimate of drug-likeness (QED) is 0.164. The molecule has 0 aliphatic heterocycles. The highest BCUT2D eigenvalue weighted by atomic mass is 14.8. The minimum atomic E-state index is 0.268. The second-order valence-corrected chi connectivity index (χ2v) is 16.2. The Morgan fingerprint density at radius 2 is 0.883 bits per heavy atom. The monoisotopic (exact) mass is 770 g/mol. The van der Waals surface area contributed by atoms with Crippen LogP contribution in [0.2, 0.25) is 0 Å². The average molecular weight is 771 g/mol. The van der Waals surface area contributed by atoms with Crippen LogP contribution in [0.25, 0.3) is 99.3 Å². The van der Waals surface area contributed by atoms with Crippen molar-refractivity contribution in [2.75, 3.05) is 0 Å². The Labute approximate surface area is 349 Å². The van der Waals surface area contributed by atoms with Crippen molar-refractivity contribution in [2.45, 2.75) is 40.0 Å². The molecule has 4 nitrogen and oxygen atoms in total. The third kappa shape index (κ3) is 5.82. The zero-order valence-electron chi connectivity index (χ0n) is 34.2. The molecule has 0 amide bonds. The van der Waals surface area contributed by atoms with Crippen LogP contribution in [-0.2, 0) is 0 Å². The van der Waals surface area contributed by atoms with E-state index in [2.05, 4.69) is 185 Å². The van der Waals surface area contributed by atoms with Gasteiger partial charge in [-0.3, -0.25) is 0 Å². The lowest BCUT2D eigenvalue weighted by atomic mass is 9.91. The first-order chi connectivity index (χ1) is 29.4. The lowest BCUT2D eigenvalue weighted by Gasteiger charge is -2.17. The molecule has 286 valence electrons. The van der Waals surface area contributed by atoms with Gasteiger partial charge in [-0.25, -0.2) is 19.9 Å². The van der Waals surface area contributed by atoms with Crippen LogP contribution in [0.4, 0.5) is 0 Å². The third-order valence-electron chi connectivity index (χ3n) is 12.9. The lowest BCUT2D eigenvalue weighted by Crippen LogP contribution is -2.02. The molecule has 10 aromatic rings. The molecule has 0 spiro atoms. The number of aryl methyl sites for hydroxylation is 4. The van der Waals surface area contributed by atoms with Crippen LogP contribution < -0.4 is 0 Å². The highest BCUT2D eigenvalue weighted by Gasteiger charge is 2.19. The van der Waals surface area contributed by atoms with Crippen LogP contribution in [-0.4, -0.2) is 19.9 Å². The number of hydrogen-bond acceptors (Lipinski definition) is 4. The number of hydrogen-bond donors (Lipinski definition) is 0. The van der Waals surface area contributed by atoms with Crippen LogP contribution >= 0.6 is 0 Å². The van der Waals surface area contributed by atoms with Gasteiger partial charge in [-0.05, 0) is 109 Å². The molecule has 0 bridgehead atoms. The Balaban J connectivity index is 1.02. The Morgan fingerprint density at radius 3 is 1.52 bits per heavy atom. The second-order valence-electron chi connectivity index (χ2n) is 16.2. The largest absolute Gasteiger partial charge is 0.250 e. The second kappa shape index (κ2) is 14.2. The fraction of sp³-hybridized carbons (Fsp3) is 0.107. The van der Waals surface area contributed by atoms with Crippen molar-refractivity contribution >= 4 is 54.4 Å². The number of rotatable bonds is 5. The summed E-state index contributed by atoms with van der Waals surface area (Å²) in [5.74, 6) is 0.268. The predicted molar refractivity (Wildman–Crippen MR) is 251 cm³/mol. The first-order valence-electron chi connectivity index (χ1n) is 20.8. The molecule has 0 N–H and O–H groups in total. The summed E-state index contributed by atoms with van der Waals surface area (Å²) in [6, 6.07) is 49.9. The minimum absolute atomic E-state index is 0.268. The minimum Gasteiger partial charge on any atom is -0.250 e. The molecular formula is C56H42N4. The Kier molecular flexibility index (Phi) is 8.49. The molecule has 0 saturated heterocycles. The lowest BCUT2D eigenvalue weighted by molar-refractivity contribution is 0.822. The third-order valence-corrected chi connectivity index (χ3v) is 12.9. The highest BCUT2D eigenvalue weighted by molar-refractivity contribution is 6.10. The molecular weight excluding hydrogens is 729 g/mol. The van der Waals surface area contributed by atoms with Gasteiger partial charge in [0.2, 0.25) is 0 Å². The highest BCUT2D eigenvalue weighted by Crippen LogP contribution is 2.40. The number of nitrogens with zero attached hydrogens (tertiary/aromatic N) is 4. The molecule has 4 aromatic heterocycles. The number of benzene rings is 6. The topological polar surface area (TPSA) is 51.6 Å². The van der Waals surface area contributed by atoms with Gasteiger partial charge in [-0.15, -0.1) is 0 Å². The van der Waals surface area contributed by atoms with Gasteiger partial charge < -0.3 is 0 Å². The fourth-order valence-corrected chi connectivity index (χ4v) is 9.30. The van der Waals surface area contributed by atoms with Gasteiger partial charge in [-0.2, -0.15) is 0 Å². The summed E-state index contributed by atoms with van der Waals surface area (Å²) in [5, 5.41) is 6.93. The van der Waals surface area contributed by atoms with Crippen LogP contribution in [0.3, 0.4) is 0 Å². The maximum Gasteiger partial charge on any atom is 0.0975 e. The number of pyridine rings is 4. The summed E-state index contributed by atoms with van der Waals surface area (Å²) in [6.07, 6.45) is 9.67. The van der Waals surface area contributed by atoms with E-state index in [9.17, 15) is 0 Å². The van der Waals surface area contributed by atoms with Crippen molar-refractivity contribution in [2.24, 2.45) is 0 Å². The molecule has 11 rings (SSSR count). The van der Waals surface area contributed by atoms with Gasteiger partial charge in [0.25, 0.3) is 0 Å². The van der Waals surface area contributed by atoms with Gasteiger partial charge in [0.1, 0.15) is 0 Å². The molecule has 0 saturated carbocycles. The van der Waals surface area contributed by atoms with Crippen molar-refractivity contribution in [3.63, 3.8) is 0 Å². The van der Waals surface area contributed by atoms with Crippen LogP contribution in [0.5, 0.6) is 0 Å². The summed E-state index contributed by atoms with van der Waals surface area (Å²) in [4.78, 5) is 21.4. The van der Waals surface area contributed by atoms with Crippen molar-refractivity contribution in [1.82, 2.24) is 19.9 Å². The van der Waals surface area contributed by atoms with E-state index in [1.54, 1.807) is 0 Å². The zero-order valence-corrected chi connectivity index (χ0v) is 34.2. The molecule has 0 fully saturated rings. The van der Waals surface area contributed by atoms with Crippen LogP contribution in [0.15, 0.2) is 164 Å². The first-order valence-corrected chi connectivity index (χ1v) is 20.8. The molecule has 1 aliphatic rings. The maximum absolute atomic E-state index is 5.44. The van der Waals surface area contributed by atoms with Crippen LogP contribution in [0.1, 0.15) is 40.3 Å². The SMILES string of the molecule is Cc1c(C)c2ccc(-c3cccc(-c4ccc(-c5ccc6c(C)c(C)c7ccc(C8C=CC=CC8)nc7c6n5)c5ccccc45)c3)nc2c2nc(-c3ccccc3)ccc12. The van der Waals surface area contributed by atoms with Crippen molar-refractivity contribution in [3.8, 4) is 44.9 Å². The predicted octanol–water partition coefficient (Wildman–Crippen LogP) is 14.5. The van der Waals surface area contributed by atoms with Crippen molar-refractivity contribution < 1.29 is 0 Å². The fourth-order valence-electron chi connectivity index (χ4n) is 9.30. The van der Waals surface area contributed by atoms with Gasteiger partial charge in [0.05, 0.1) is 39.1 Å². The molecule has 1 aliphatic carbocycles. The van der Waals surface area contributed by atoms with Gasteiger partial charge in [0, 0.05) is 49.8 Å². The molecule has 1 unspecified atom stereocenters. The summed E-state index contributed by atoms with van der Waals surface area (Å²) in [5.41, 5.74) is 18.2. The Hall–Kier alpha value is -7.30. The zero-order chi connectivity index (χ0) is 40.5. The van der Waals surface area contributed by atoms with Crippen LogP contribution in [0, 0.1) is 27.7 Å². The van der Waals surface area contributed by atoms with E-state index >= 15 is 0 Å². The molecule has 0 radical (unpaired) electrons. The molecule has 4 heteroatoms. The number of fused-ring (bicyclic) bond motifs is 7. The normalized spacial score (nSPS) is 14.0. The molecule has 1 atom stereocenters. The summed E-state index contributed by atoms with van der Waals surface area (Å²) in [6.45, 7) is 8.79. The van der Waals surface area contributed by atoms with Crippen molar-refractivity contribution in [3.05, 3.63) is 192 Å². The summed E-state index contributed by atoms with van der Waals surface area (Å²) in [7, 11) is 0.